The molecule has 1 unspecified atom stereocenters. The molecule has 0 radical (unpaired) electrons. The van der Waals surface area contributed by atoms with E-state index < -0.39 is 16.8 Å². The average Bonchev–Trinajstić information content (AvgIpc) is 3.27. The lowest BCUT2D eigenvalue weighted by Gasteiger charge is -2.27. The Balaban J connectivity index is 1.44. The molecule has 2 aliphatic heterocycles. The van der Waals surface area contributed by atoms with E-state index in [1.165, 1.54) is 6.07 Å². The van der Waals surface area contributed by atoms with Gasteiger partial charge < -0.3 is 9.64 Å². The smallest absolute Gasteiger partial charge is 0.339 e. The van der Waals surface area contributed by atoms with E-state index in [0.29, 0.717) is 48.5 Å². The number of halogens is 2. The maximum Gasteiger partial charge on any atom is 0.339 e. The van der Waals surface area contributed by atoms with Crippen molar-refractivity contribution < 1.29 is 18.7 Å². The summed E-state index contributed by atoms with van der Waals surface area (Å²) in [6.07, 6.45) is 1.79. The molecule has 0 aromatic heterocycles. The third-order valence-corrected chi connectivity index (χ3v) is 6.29. The number of amides is 1. The number of hydrogen-bond donors (Lipinski definition) is 0. The first-order valence-corrected chi connectivity index (χ1v) is 9.41. The number of nitrogens with zero attached hydrogens (tertiary/aromatic N) is 1. The molecule has 0 bridgehead atoms. The Labute approximate surface area is 160 Å². The summed E-state index contributed by atoms with van der Waals surface area (Å²) in [5.41, 5.74) is 0.214. The van der Waals surface area contributed by atoms with Gasteiger partial charge in [0.25, 0.3) is 0 Å². The Morgan fingerprint density at radius 3 is 2.63 bits per heavy atom. The van der Waals surface area contributed by atoms with Crippen LogP contribution < -0.4 is 0 Å². The summed E-state index contributed by atoms with van der Waals surface area (Å²) in [5.74, 6) is -0.884. The SMILES string of the molecule is O=C1OC2(CCN(C(=O)C3(c4ccc(Cl)cc4F)CC3)C2)c2ccccc21. The van der Waals surface area contributed by atoms with Crippen molar-refractivity contribution in [3.8, 4) is 0 Å². The molecule has 2 aromatic carbocycles. The molecule has 2 aromatic rings. The van der Waals surface area contributed by atoms with E-state index in [9.17, 15) is 14.0 Å². The van der Waals surface area contributed by atoms with E-state index in [1.807, 2.05) is 12.1 Å². The van der Waals surface area contributed by atoms with Gasteiger partial charge in [-0.2, -0.15) is 0 Å². The van der Waals surface area contributed by atoms with Gasteiger partial charge in [-0.3, -0.25) is 4.79 Å². The van der Waals surface area contributed by atoms with Gasteiger partial charge in [-0.25, -0.2) is 9.18 Å². The fourth-order valence-electron chi connectivity index (χ4n) is 4.51. The molecule has 1 atom stereocenters. The van der Waals surface area contributed by atoms with E-state index in [4.69, 9.17) is 16.3 Å². The van der Waals surface area contributed by atoms with Crippen LogP contribution in [-0.4, -0.2) is 29.9 Å². The summed E-state index contributed by atoms with van der Waals surface area (Å²) in [7, 11) is 0. The molecule has 1 saturated heterocycles. The van der Waals surface area contributed by atoms with Gasteiger partial charge in [-0.05, 0) is 31.0 Å². The molecule has 1 saturated carbocycles. The summed E-state index contributed by atoms with van der Waals surface area (Å²) in [4.78, 5) is 27.2. The van der Waals surface area contributed by atoms with Crippen molar-refractivity contribution in [3.63, 3.8) is 0 Å². The predicted molar refractivity (Wildman–Crippen MR) is 97.1 cm³/mol. The van der Waals surface area contributed by atoms with Crippen molar-refractivity contribution >= 4 is 23.5 Å². The van der Waals surface area contributed by atoms with Crippen molar-refractivity contribution in [1.82, 2.24) is 4.90 Å². The zero-order chi connectivity index (χ0) is 18.8. The molecule has 2 fully saturated rings. The molecule has 138 valence electrons. The Morgan fingerprint density at radius 1 is 1.11 bits per heavy atom. The first-order chi connectivity index (χ1) is 13.0. The maximum atomic E-state index is 14.5. The second-order valence-electron chi connectivity index (χ2n) is 7.61. The van der Waals surface area contributed by atoms with E-state index in [-0.39, 0.29) is 11.9 Å². The number of carbonyl (C=O) groups excluding carboxylic acids is 2. The minimum absolute atomic E-state index is 0.0963. The summed E-state index contributed by atoms with van der Waals surface area (Å²) in [6, 6.07) is 11.8. The quantitative estimate of drug-likeness (QED) is 0.738. The van der Waals surface area contributed by atoms with Crippen LogP contribution in [0.4, 0.5) is 4.39 Å². The lowest BCUT2D eigenvalue weighted by molar-refractivity contribution is -0.134. The number of hydrogen-bond acceptors (Lipinski definition) is 3. The average molecular weight is 386 g/mol. The van der Waals surface area contributed by atoms with Crippen LogP contribution in [0.5, 0.6) is 0 Å². The van der Waals surface area contributed by atoms with Gasteiger partial charge in [-0.1, -0.05) is 35.9 Å². The van der Waals surface area contributed by atoms with Crippen LogP contribution >= 0.6 is 11.6 Å². The Morgan fingerprint density at radius 2 is 1.89 bits per heavy atom. The topological polar surface area (TPSA) is 46.6 Å². The fourth-order valence-corrected chi connectivity index (χ4v) is 4.67. The molecule has 4 nitrogen and oxygen atoms in total. The highest BCUT2D eigenvalue weighted by molar-refractivity contribution is 6.30. The molecule has 6 heteroatoms. The number of rotatable bonds is 2. The van der Waals surface area contributed by atoms with Gasteiger partial charge >= 0.3 is 5.97 Å². The molecule has 1 amide bonds. The summed E-state index contributed by atoms with van der Waals surface area (Å²) >= 11 is 5.85. The molecule has 1 aliphatic carbocycles. The third-order valence-electron chi connectivity index (χ3n) is 6.05. The number of likely N-dealkylation sites (tertiary alicyclic amines) is 1. The van der Waals surface area contributed by atoms with Crippen LogP contribution in [0.3, 0.4) is 0 Å². The van der Waals surface area contributed by atoms with Crippen molar-refractivity contribution in [2.75, 3.05) is 13.1 Å². The number of fused-ring (bicyclic) bond motifs is 2. The molecule has 1 spiro atoms. The lowest BCUT2D eigenvalue weighted by atomic mass is 9.91. The van der Waals surface area contributed by atoms with Crippen LogP contribution in [0.2, 0.25) is 5.02 Å². The van der Waals surface area contributed by atoms with Gasteiger partial charge in [0.1, 0.15) is 5.82 Å². The summed E-state index contributed by atoms with van der Waals surface area (Å²) in [5, 5.41) is 0.314. The molecular formula is C21H17ClFNO3. The predicted octanol–water partition coefficient (Wildman–Crippen LogP) is 3.81. The maximum absolute atomic E-state index is 14.5. The molecule has 2 heterocycles. The highest BCUT2D eigenvalue weighted by Gasteiger charge is 2.58. The van der Waals surface area contributed by atoms with Crippen molar-refractivity contribution in [3.05, 3.63) is 70.0 Å². The molecule has 0 N–H and O–H groups in total. The first-order valence-electron chi connectivity index (χ1n) is 9.03. The molecule has 5 rings (SSSR count). The van der Waals surface area contributed by atoms with Crippen LogP contribution in [0, 0.1) is 5.82 Å². The standard InChI is InChI=1S/C21H17ClFNO3/c22-13-5-6-16(17(23)11-13)20(7-8-20)19(26)24-10-9-21(12-24)15-4-2-1-3-14(15)18(25)27-21/h1-6,11H,7-10,12H2. The summed E-state index contributed by atoms with van der Waals surface area (Å²) < 4.78 is 20.2. The highest BCUT2D eigenvalue weighted by Crippen LogP contribution is 2.52. The fraction of sp³-hybridized carbons (Fsp3) is 0.333. The Kier molecular flexibility index (Phi) is 3.44. The second-order valence-corrected chi connectivity index (χ2v) is 8.05. The van der Waals surface area contributed by atoms with Gasteiger partial charge in [0, 0.05) is 29.1 Å². The van der Waals surface area contributed by atoms with Gasteiger partial charge in [-0.15, -0.1) is 0 Å². The minimum atomic E-state index is -0.817. The van der Waals surface area contributed by atoms with Crippen LogP contribution in [0.15, 0.2) is 42.5 Å². The normalized spacial score (nSPS) is 24.8. The third kappa shape index (κ3) is 2.34. The van der Waals surface area contributed by atoms with Gasteiger partial charge in [0.2, 0.25) is 5.91 Å². The van der Waals surface area contributed by atoms with Gasteiger partial charge in [0.05, 0.1) is 17.5 Å². The van der Waals surface area contributed by atoms with E-state index in [1.54, 1.807) is 29.2 Å². The number of benzene rings is 2. The minimum Gasteiger partial charge on any atom is -0.449 e. The highest BCUT2D eigenvalue weighted by atomic mass is 35.5. The van der Waals surface area contributed by atoms with Crippen molar-refractivity contribution in [2.24, 2.45) is 0 Å². The first kappa shape index (κ1) is 16.8. The Bertz CT molecular complexity index is 987. The molecule has 27 heavy (non-hydrogen) atoms. The van der Waals surface area contributed by atoms with Crippen LogP contribution in [0.1, 0.15) is 40.7 Å². The van der Waals surface area contributed by atoms with Gasteiger partial charge in [0.15, 0.2) is 5.60 Å². The Hall–Kier alpha value is -2.40. The number of ether oxygens (including phenoxy) is 1. The molecule has 3 aliphatic rings. The van der Waals surface area contributed by atoms with Crippen molar-refractivity contribution in [2.45, 2.75) is 30.3 Å². The number of carbonyl (C=O) groups is 2. The lowest BCUT2D eigenvalue weighted by Crippen LogP contribution is -2.40. The van der Waals surface area contributed by atoms with E-state index >= 15 is 0 Å². The second kappa shape index (κ2) is 5.55. The zero-order valence-electron chi connectivity index (χ0n) is 14.5. The molecular weight excluding hydrogens is 369 g/mol. The largest absolute Gasteiger partial charge is 0.449 e. The van der Waals surface area contributed by atoms with E-state index in [2.05, 4.69) is 0 Å². The zero-order valence-corrected chi connectivity index (χ0v) is 15.3. The van der Waals surface area contributed by atoms with Crippen LogP contribution in [0.25, 0.3) is 0 Å². The monoisotopic (exact) mass is 385 g/mol. The van der Waals surface area contributed by atoms with E-state index in [0.717, 1.165) is 5.56 Å². The van der Waals surface area contributed by atoms with Crippen LogP contribution in [-0.2, 0) is 20.5 Å². The number of esters is 1. The van der Waals surface area contributed by atoms with Crippen molar-refractivity contribution in [1.29, 1.82) is 0 Å². The summed E-state index contributed by atoms with van der Waals surface area (Å²) in [6.45, 7) is 0.795.